The molecule has 0 saturated heterocycles. The van der Waals surface area contributed by atoms with Crippen molar-refractivity contribution in [3.8, 4) is 0 Å². The molecule has 1 aliphatic carbocycles. The van der Waals surface area contributed by atoms with E-state index in [4.69, 9.17) is 16.9 Å². The van der Waals surface area contributed by atoms with Crippen molar-refractivity contribution in [1.82, 2.24) is 4.90 Å². The summed E-state index contributed by atoms with van der Waals surface area (Å²) in [5.74, 6) is 0.791. The summed E-state index contributed by atoms with van der Waals surface area (Å²) in [5.41, 5.74) is 10.4. The maximum atomic E-state index is 7.56. The summed E-state index contributed by atoms with van der Waals surface area (Å²) in [6, 6.07) is 0.357. The van der Waals surface area contributed by atoms with E-state index < -0.39 is 0 Å². The second kappa shape index (κ2) is 3.64. The van der Waals surface area contributed by atoms with Gasteiger partial charge in [0.1, 0.15) is 0 Å². The predicted octanol–water partition coefficient (Wildman–Crippen LogP) is -0.0751. The van der Waals surface area contributed by atoms with Gasteiger partial charge in [-0.25, -0.2) is 0 Å². The Morgan fingerprint density at radius 1 is 1.54 bits per heavy atom. The summed E-state index contributed by atoms with van der Waals surface area (Å²) in [6.07, 6.45) is 2.50. The monoisotopic (exact) mass is 183 g/mol. The molecule has 13 heavy (non-hydrogen) atoms. The molecule has 1 atom stereocenters. The first-order valence-corrected chi connectivity index (χ1v) is 4.43. The minimum Gasteiger partial charge on any atom is -0.370 e. The third-order valence-corrected chi connectivity index (χ3v) is 2.48. The summed E-state index contributed by atoms with van der Waals surface area (Å²) < 4.78 is 0. The van der Waals surface area contributed by atoms with Crippen molar-refractivity contribution in [2.24, 2.45) is 22.4 Å². The Labute approximate surface area is 78.3 Å². The van der Waals surface area contributed by atoms with Crippen molar-refractivity contribution in [2.45, 2.75) is 25.8 Å². The predicted molar refractivity (Wildman–Crippen MR) is 53.5 cm³/mol. The molecule has 74 valence electrons. The molecule has 1 fully saturated rings. The number of hydrogen-bond donors (Lipinski definition) is 3. The standard InChI is InChI=1S/C8H17N5/c1-5(6-3-4-6)13(2)8(11)12-7(9)10/h5-6H,3-4H2,1-2H3,(H5,9,10,11,12). The highest BCUT2D eigenvalue weighted by Gasteiger charge is 2.31. The van der Waals surface area contributed by atoms with E-state index in [9.17, 15) is 0 Å². The molecule has 0 aromatic heterocycles. The molecule has 0 radical (unpaired) electrons. The van der Waals surface area contributed by atoms with Gasteiger partial charge in [-0.15, -0.1) is 0 Å². The van der Waals surface area contributed by atoms with E-state index in [2.05, 4.69) is 11.9 Å². The number of nitrogens with one attached hydrogen (secondary N) is 1. The molecule has 0 aliphatic heterocycles. The van der Waals surface area contributed by atoms with Gasteiger partial charge >= 0.3 is 0 Å². The Balaban J connectivity index is 2.50. The van der Waals surface area contributed by atoms with E-state index in [1.807, 2.05) is 7.05 Å². The lowest BCUT2D eigenvalue weighted by Gasteiger charge is -2.24. The van der Waals surface area contributed by atoms with Crippen LogP contribution in [0.3, 0.4) is 0 Å². The first kappa shape index (κ1) is 9.83. The summed E-state index contributed by atoms with van der Waals surface area (Å²) >= 11 is 0. The largest absolute Gasteiger partial charge is 0.370 e. The van der Waals surface area contributed by atoms with Crippen LogP contribution in [0.4, 0.5) is 0 Å². The van der Waals surface area contributed by atoms with Crippen LogP contribution in [-0.4, -0.2) is 29.9 Å². The van der Waals surface area contributed by atoms with E-state index in [0.717, 1.165) is 0 Å². The Kier molecular flexibility index (Phi) is 2.75. The van der Waals surface area contributed by atoms with Crippen molar-refractivity contribution in [3.63, 3.8) is 0 Å². The minimum atomic E-state index is -0.0557. The van der Waals surface area contributed by atoms with Gasteiger partial charge in [0.2, 0.25) is 5.96 Å². The number of nitrogens with zero attached hydrogens (tertiary/aromatic N) is 2. The third-order valence-electron chi connectivity index (χ3n) is 2.48. The molecule has 0 amide bonds. The Morgan fingerprint density at radius 3 is 2.46 bits per heavy atom. The van der Waals surface area contributed by atoms with Gasteiger partial charge in [-0.2, -0.15) is 4.99 Å². The van der Waals surface area contributed by atoms with Crippen LogP contribution >= 0.6 is 0 Å². The second-order valence-corrected chi connectivity index (χ2v) is 3.55. The molecule has 0 heterocycles. The highest BCUT2D eigenvalue weighted by molar-refractivity contribution is 5.91. The highest BCUT2D eigenvalue weighted by Crippen LogP contribution is 2.34. The summed E-state index contributed by atoms with van der Waals surface area (Å²) in [5, 5.41) is 7.56. The lowest BCUT2D eigenvalue weighted by Crippen LogP contribution is -2.37. The van der Waals surface area contributed by atoms with Crippen molar-refractivity contribution in [3.05, 3.63) is 0 Å². The molecule has 1 aliphatic rings. The average molecular weight is 183 g/mol. The zero-order chi connectivity index (χ0) is 10.0. The second-order valence-electron chi connectivity index (χ2n) is 3.55. The molecule has 1 unspecified atom stereocenters. The number of hydrogen-bond acceptors (Lipinski definition) is 1. The SMILES string of the molecule is CC(C1CC1)N(C)C(=N)N=C(N)N. The van der Waals surface area contributed by atoms with E-state index >= 15 is 0 Å². The fourth-order valence-electron chi connectivity index (χ4n) is 1.29. The van der Waals surface area contributed by atoms with Crippen LogP contribution in [-0.2, 0) is 0 Å². The molecule has 0 aromatic rings. The topological polar surface area (TPSA) is 91.5 Å². The summed E-state index contributed by atoms with van der Waals surface area (Å²) in [6.45, 7) is 2.09. The molecule has 1 rings (SSSR count). The molecular formula is C8H17N5. The molecular weight excluding hydrogens is 166 g/mol. The van der Waals surface area contributed by atoms with Crippen molar-refractivity contribution in [2.75, 3.05) is 7.05 Å². The van der Waals surface area contributed by atoms with Crippen LogP contribution in [0.5, 0.6) is 0 Å². The lowest BCUT2D eigenvalue weighted by molar-refractivity contribution is 0.348. The Bertz CT molecular complexity index is 227. The van der Waals surface area contributed by atoms with Gasteiger partial charge in [0.05, 0.1) is 0 Å². The third kappa shape index (κ3) is 2.61. The quantitative estimate of drug-likeness (QED) is 0.413. The fraction of sp³-hybridized carbons (Fsp3) is 0.750. The van der Waals surface area contributed by atoms with Crippen molar-refractivity contribution in [1.29, 1.82) is 5.41 Å². The van der Waals surface area contributed by atoms with E-state index in [0.29, 0.717) is 12.0 Å². The van der Waals surface area contributed by atoms with Crippen LogP contribution in [0.15, 0.2) is 4.99 Å². The maximum Gasteiger partial charge on any atom is 0.220 e. The van der Waals surface area contributed by atoms with Gasteiger partial charge in [-0.1, -0.05) is 0 Å². The zero-order valence-electron chi connectivity index (χ0n) is 8.12. The Morgan fingerprint density at radius 2 is 2.08 bits per heavy atom. The maximum absolute atomic E-state index is 7.56. The molecule has 0 spiro atoms. The summed E-state index contributed by atoms with van der Waals surface area (Å²) in [4.78, 5) is 5.49. The zero-order valence-corrected chi connectivity index (χ0v) is 8.12. The van der Waals surface area contributed by atoms with Crippen molar-refractivity contribution < 1.29 is 0 Å². The molecule has 5 N–H and O–H groups in total. The van der Waals surface area contributed by atoms with Gasteiger partial charge in [-0.05, 0) is 25.7 Å². The smallest absolute Gasteiger partial charge is 0.220 e. The number of rotatable bonds is 2. The average Bonchev–Trinajstić information content (AvgIpc) is 2.82. The minimum absolute atomic E-state index is 0.0557. The van der Waals surface area contributed by atoms with Crippen LogP contribution in [0.1, 0.15) is 19.8 Å². The lowest BCUT2D eigenvalue weighted by atomic mass is 10.2. The first-order chi connectivity index (χ1) is 6.02. The number of aliphatic imine (C=N–C) groups is 1. The highest BCUT2D eigenvalue weighted by atomic mass is 15.3. The first-order valence-electron chi connectivity index (χ1n) is 4.43. The van der Waals surface area contributed by atoms with Crippen molar-refractivity contribution >= 4 is 11.9 Å². The molecule has 5 heteroatoms. The normalized spacial score (nSPS) is 17.7. The van der Waals surface area contributed by atoms with Gasteiger partial charge in [0.25, 0.3) is 0 Å². The Hall–Kier alpha value is -1.26. The summed E-state index contributed by atoms with van der Waals surface area (Å²) in [7, 11) is 1.84. The van der Waals surface area contributed by atoms with Gasteiger partial charge < -0.3 is 16.4 Å². The van der Waals surface area contributed by atoms with Crippen LogP contribution in [0, 0.1) is 11.3 Å². The van der Waals surface area contributed by atoms with E-state index in [1.165, 1.54) is 12.8 Å². The molecule has 0 bridgehead atoms. The van der Waals surface area contributed by atoms with Crippen LogP contribution in [0.25, 0.3) is 0 Å². The number of guanidine groups is 2. The van der Waals surface area contributed by atoms with Crippen LogP contribution in [0.2, 0.25) is 0 Å². The molecule has 5 nitrogen and oxygen atoms in total. The van der Waals surface area contributed by atoms with E-state index in [-0.39, 0.29) is 11.9 Å². The molecule has 0 aromatic carbocycles. The van der Waals surface area contributed by atoms with Gasteiger partial charge in [-0.3, -0.25) is 5.41 Å². The molecule has 1 saturated carbocycles. The van der Waals surface area contributed by atoms with Crippen LogP contribution < -0.4 is 11.5 Å². The number of nitrogens with two attached hydrogens (primary N) is 2. The van der Waals surface area contributed by atoms with E-state index in [1.54, 1.807) is 4.90 Å². The fourth-order valence-corrected chi connectivity index (χ4v) is 1.29. The van der Waals surface area contributed by atoms with Gasteiger partial charge in [0, 0.05) is 13.1 Å². The van der Waals surface area contributed by atoms with Gasteiger partial charge in [0.15, 0.2) is 5.96 Å².